The smallest absolute Gasteiger partial charge is 0.131 e. The van der Waals surface area contributed by atoms with Crippen molar-refractivity contribution < 1.29 is 9.59 Å². The molecule has 1 aromatic carbocycles. The predicted molar refractivity (Wildman–Crippen MR) is 58.5 cm³/mol. The molecule has 0 bridgehead atoms. The number of aldehydes is 2. The highest BCUT2D eigenvalue weighted by atomic mass is 16.1. The van der Waals surface area contributed by atoms with Crippen molar-refractivity contribution in [2.45, 2.75) is 18.3 Å². The van der Waals surface area contributed by atoms with Gasteiger partial charge in [-0.25, -0.2) is 0 Å². The molecule has 0 heterocycles. The first kappa shape index (κ1) is 9.84. The Morgan fingerprint density at radius 2 is 2.07 bits per heavy atom. The van der Waals surface area contributed by atoms with E-state index in [1.165, 1.54) is 0 Å². The van der Waals surface area contributed by atoms with Gasteiger partial charge in [-0.05, 0) is 17.5 Å². The molecule has 15 heavy (non-hydrogen) atoms. The van der Waals surface area contributed by atoms with Crippen LogP contribution in [0.15, 0.2) is 30.3 Å². The van der Waals surface area contributed by atoms with E-state index in [0.717, 1.165) is 23.7 Å². The molecule has 1 aliphatic carbocycles. The fourth-order valence-corrected chi connectivity index (χ4v) is 2.10. The van der Waals surface area contributed by atoms with Crippen molar-refractivity contribution in [3.8, 4) is 0 Å². The SMILES string of the molecule is O=CCC1(C=O)CC=Cc2ccccc21. The summed E-state index contributed by atoms with van der Waals surface area (Å²) in [6.45, 7) is 0. The first-order valence-corrected chi connectivity index (χ1v) is 4.98. The van der Waals surface area contributed by atoms with Crippen molar-refractivity contribution in [3.63, 3.8) is 0 Å². The van der Waals surface area contributed by atoms with E-state index in [-0.39, 0.29) is 6.42 Å². The van der Waals surface area contributed by atoms with Gasteiger partial charge in [-0.15, -0.1) is 0 Å². The van der Waals surface area contributed by atoms with Crippen LogP contribution < -0.4 is 0 Å². The van der Waals surface area contributed by atoms with E-state index in [2.05, 4.69) is 0 Å². The molecule has 76 valence electrons. The summed E-state index contributed by atoms with van der Waals surface area (Å²) in [4.78, 5) is 21.9. The van der Waals surface area contributed by atoms with Gasteiger partial charge in [-0.1, -0.05) is 36.4 Å². The summed E-state index contributed by atoms with van der Waals surface area (Å²) in [6.07, 6.45) is 6.57. The molecule has 0 aliphatic heterocycles. The zero-order valence-corrected chi connectivity index (χ0v) is 8.35. The summed E-state index contributed by atoms with van der Waals surface area (Å²) in [6, 6.07) is 7.73. The molecular weight excluding hydrogens is 188 g/mol. The number of allylic oxidation sites excluding steroid dienone is 1. The molecule has 0 aromatic heterocycles. The first-order valence-electron chi connectivity index (χ1n) is 4.98. The topological polar surface area (TPSA) is 34.1 Å². The van der Waals surface area contributed by atoms with Crippen LogP contribution in [0.4, 0.5) is 0 Å². The van der Waals surface area contributed by atoms with E-state index in [1.807, 2.05) is 36.4 Å². The molecule has 2 rings (SSSR count). The van der Waals surface area contributed by atoms with Crippen molar-refractivity contribution in [1.29, 1.82) is 0 Å². The van der Waals surface area contributed by atoms with E-state index in [0.29, 0.717) is 6.42 Å². The molecule has 1 atom stereocenters. The average Bonchev–Trinajstić information content (AvgIpc) is 2.30. The summed E-state index contributed by atoms with van der Waals surface area (Å²) in [5.41, 5.74) is 1.37. The third kappa shape index (κ3) is 1.52. The van der Waals surface area contributed by atoms with Crippen LogP contribution in [0, 0.1) is 0 Å². The van der Waals surface area contributed by atoms with Gasteiger partial charge in [0.2, 0.25) is 0 Å². The maximum Gasteiger partial charge on any atom is 0.131 e. The van der Waals surface area contributed by atoms with Gasteiger partial charge in [0.25, 0.3) is 0 Å². The number of hydrogen-bond acceptors (Lipinski definition) is 2. The summed E-state index contributed by atoms with van der Waals surface area (Å²) >= 11 is 0. The van der Waals surface area contributed by atoms with Crippen molar-refractivity contribution in [2.24, 2.45) is 0 Å². The summed E-state index contributed by atoms with van der Waals surface area (Å²) in [7, 11) is 0. The van der Waals surface area contributed by atoms with E-state index < -0.39 is 5.41 Å². The van der Waals surface area contributed by atoms with Crippen molar-refractivity contribution in [3.05, 3.63) is 41.5 Å². The minimum Gasteiger partial charge on any atom is -0.303 e. The summed E-state index contributed by atoms with van der Waals surface area (Å²) < 4.78 is 0. The lowest BCUT2D eigenvalue weighted by molar-refractivity contribution is -0.117. The highest BCUT2D eigenvalue weighted by molar-refractivity contribution is 5.79. The lowest BCUT2D eigenvalue weighted by Crippen LogP contribution is -2.30. The number of hydrogen-bond donors (Lipinski definition) is 0. The molecule has 1 unspecified atom stereocenters. The molecule has 2 heteroatoms. The van der Waals surface area contributed by atoms with E-state index in [1.54, 1.807) is 0 Å². The molecular formula is C13H12O2. The number of benzene rings is 1. The Kier molecular flexibility index (Phi) is 2.50. The fourth-order valence-electron chi connectivity index (χ4n) is 2.10. The molecule has 0 saturated heterocycles. The molecule has 0 radical (unpaired) electrons. The van der Waals surface area contributed by atoms with Gasteiger partial charge in [0.05, 0.1) is 5.41 Å². The fraction of sp³-hybridized carbons (Fsp3) is 0.231. The molecule has 0 fully saturated rings. The van der Waals surface area contributed by atoms with E-state index in [4.69, 9.17) is 0 Å². The van der Waals surface area contributed by atoms with Crippen LogP contribution >= 0.6 is 0 Å². The Bertz CT molecular complexity index is 420. The van der Waals surface area contributed by atoms with Gasteiger partial charge < -0.3 is 9.59 Å². The molecule has 0 amide bonds. The number of rotatable bonds is 3. The van der Waals surface area contributed by atoms with Crippen LogP contribution in [0.2, 0.25) is 0 Å². The number of carbonyl (C=O) groups is 2. The van der Waals surface area contributed by atoms with Crippen LogP contribution in [0.5, 0.6) is 0 Å². The average molecular weight is 200 g/mol. The molecule has 0 N–H and O–H groups in total. The van der Waals surface area contributed by atoms with Crippen LogP contribution in [0.3, 0.4) is 0 Å². The Balaban J connectivity index is 2.56. The van der Waals surface area contributed by atoms with Crippen molar-refractivity contribution >= 4 is 18.6 Å². The zero-order chi connectivity index (χ0) is 10.7. The first-order chi connectivity index (χ1) is 7.32. The lowest BCUT2D eigenvalue weighted by Gasteiger charge is -2.29. The van der Waals surface area contributed by atoms with Gasteiger partial charge in [0.1, 0.15) is 12.6 Å². The number of carbonyl (C=O) groups excluding carboxylic acids is 2. The second-order valence-corrected chi connectivity index (χ2v) is 3.84. The van der Waals surface area contributed by atoms with E-state index in [9.17, 15) is 9.59 Å². The van der Waals surface area contributed by atoms with Crippen LogP contribution in [-0.4, -0.2) is 12.6 Å². The van der Waals surface area contributed by atoms with Crippen LogP contribution in [0.1, 0.15) is 24.0 Å². The number of fused-ring (bicyclic) bond motifs is 1. The molecule has 0 spiro atoms. The Hall–Kier alpha value is -1.70. The molecule has 2 nitrogen and oxygen atoms in total. The van der Waals surface area contributed by atoms with Gasteiger partial charge in [-0.2, -0.15) is 0 Å². The second kappa shape index (κ2) is 3.81. The minimum absolute atomic E-state index is 0.262. The maximum atomic E-state index is 11.2. The third-order valence-corrected chi connectivity index (χ3v) is 2.95. The molecule has 0 saturated carbocycles. The maximum absolute atomic E-state index is 11.2. The van der Waals surface area contributed by atoms with Crippen molar-refractivity contribution in [2.75, 3.05) is 0 Å². The highest BCUT2D eigenvalue weighted by Gasteiger charge is 2.33. The van der Waals surface area contributed by atoms with Gasteiger partial charge in [0.15, 0.2) is 0 Å². The van der Waals surface area contributed by atoms with E-state index >= 15 is 0 Å². The second-order valence-electron chi connectivity index (χ2n) is 3.84. The third-order valence-electron chi connectivity index (χ3n) is 2.95. The lowest BCUT2D eigenvalue weighted by atomic mass is 9.72. The Labute approximate surface area is 88.6 Å². The highest BCUT2D eigenvalue weighted by Crippen LogP contribution is 2.36. The zero-order valence-electron chi connectivity index (χ0n) is 8.35. The van der Waals surface area contributed by atoms with Gasteiger partial charge in [-0.3, -0.25) is 0 Å². The standard InChI is InChI=1S/C13H12O2/c14-9-8-13(10-15)7-3-5-11-4-1-2-6-12(11)13/h1-6,9-10H,7-8H2. The normalized spacial score (nSPS) is 23.2. The van der Waals surface area contributed by atoms with Gasteiger partial charge in [0, 0.05) is 6.42 Å². The monoisotopic (exact) mass is 200 g/mol. The quantitative estimate of drug-likeness (QED) is 0.700. The van der Waals surface area contributed by atoms with Crippen LogP contribution in [-0.2, 0) is 15.0 Å². The summed E-state index contributed by atoms with van der Waals surface area (Å²) in [5.74, 6) is 0. The molecule has 1 aromatic rings. The largest absolute Gasteiger partial charge is 0.303 e. The van der Waals surface area contributed by atoms with Crippen LogP contribution in [0.25, 0.3) is 6.08 Å². The molecule has 1 aliphatic rings. The van der Waals surface area contributed by atoms with Crippen molar-refractivity contribution in [1.82, 2.24) is 0 Å². The van der Waals surface area contributed by atoms with Gasteiger partial charge >= 0.3 is 0 Å². The summed E-state index contributed by atoms with van der Waals surface area (Å²) in [5, 5.41) is 0. The minimum atomic E-state index is -0.632. The Morgan fingerprint density at radius 3 is 2.80 bits per heavy atom. The predicted octanol–water partition coefficient (Wildman–Crippen LogP) is 2.13. The Morgan fingerprint density at radius 1 is 1.27 bits per heavy atom.